The molecule has 140 valence electrons. The first-order chi connectivity index (χ1) is 13.0. The third-order valence-corrected chi connectivity index (χ3v) is 5.13. The summed E-state index contributed by atoms with van der Waals surface area (Å²) in [6.45, 7) is 3.26. The van der Waals surface area contributed by atoms with Crippen LogP contribution >= 0.6 is 0 Å². The largest absolute Gasteiger partial charge is 0.342 e. The van der Waals surface area contributed by atoms with E-state index >= 15 is 0 Å². The molecule has 1 unspecified atom stereocenters. The van der Waals surface area contributed by atoms with Crippen molar-refractivity contribution in [1.29, 1.82) is 0 Å². The van der Waals surface area contributed by atoms with Gasteiger partial charge in [-0.2, -0.15) is 0 Å². The van der Waals surface area contributed by atoms with Crippen molar-refractivity contribution in [2.75, 3.05) is 13.1 Å². The Morgan fingerprint density at radius 1 is 1.30 bits per heavy atom. The van der Waals surface area contributed by atoms with E-state index in [2.05, 4.69) is 15.0 Å². The molecule has 0 radical (unpaired) electrons. The van der Waals surface area contributed by atoms with Gasteiger partial charge in [0.05, 0.1) is 17.5 Å². The van der Waals surface area contributed by atoms with Crippen LogP contribution in [0.2, 0.25) is 0 Å². The Hall–Kier alpha value is -3.16. The number of nitrogens with zero attached hydrogens (tertiary/aromatic N) is 2. The van der Waals surface area contributed by atoms with E-state index in [4.69, 9.17) is 4.98 Å². The highest BCUT2D eigenvalue weighted by molar-refractivity contribution is 5.79. The summed E-state index contributed by atoms with van der Waals surface area (Å²) >= 11 is 0. The van der Waals surface area contributed by atoms with Crippen LogP contribution in [0.15, 0.2) is 34.0 Å². The average molecular weight is 367 g/mol. The van der Waals surface area contributed by atoms with Gasteiger partial charge >= 0.3 is 5.69 Å². The predicted octanol–water partition coefficient (Wildman–Crippen LogP) is 1.20. The molecule has 3 heterocycles. The maximum Gasteiger partial charge on any atom is 0.325 e. The molecule has 1 amide bonds. The summed E-state index contributed by atoms with van der Waals surface area (Å²) in [6.07, 6.45) is 3.12. The van der Waals surface area contributed by atoms with Crippen molar-refractivity contribution in [3.8, 4) is 0 Å². The number of fused-ring (bicyclic) bond motifs is 1. The maximum atomic E-state index is 12.7. The first-order valence-corrected chi connectivity index (χ1v) is 9.05. The number of likely N-dealkylation sites (tertiary alicyclic amines) is 1. The highest BCUT2D eigenvalue weighted by Crippen LogP contribution is 2.27. The van der Waals surface area contributed by atoms with E-state index in [9.17, 15) is 14.4 Å². The molecule has 1 fully saturated rings. The third-order valence-electron chi connectivity index (χ3n) is 5.13. The minimum Gasteiger partial charge on any atom is -0.342 e. The fraction of sp³-hybridized carbons (Fsp3) is 0.368. The number of piperidine rings is 1. The van der Waals surface area contributed by atoms with Crippen molar-refractivity contribution in [3.63, 3.8) is 0 Å². The summed E-state index contributed by atoms with van der Waals surface area (Å²) in [5.74, 6) is 0.923. The van der Waals surface area contributed by atoms with Crippen LogP contribution in [0.25, 0.3) is 11.0 Å². The molecule has 8 heteroatoms. The molecule has 3 aromatic rings. The number of hydrogen-bond donors (Lipinski definition) is 3. The molecular formula is C19H21N5O3. The van der Waals surface area contributed by atoms with E-state index in [0.29, 0.717) is 13.1 Å². The first kappa shape index (κ1) is 17.3. The van der Waals surface area contributed by atoms with Gasteiger partial charge in [0.25, 0.3) is 5.56 Å². The van der Waals surface area contributed by atoms with Gasteiger partial charge in [-0.1, -0.05) is 12.1 Å². The fourth-order valence-corrected chi connectivity index (χ4v) is 3.66. The second kappa shape index (κ2) is 6.86. The monoisotopic (exact) mass is 367 g/mol. The number of rotatable bonds is 3. The molecule has 1 aromatic carbocycles. The summed E-state index contributed by atoms with van der Waals surface area (Å²) in [7, 11) is 0. The van der Waals surface area contributed by atoms with E-state index in [-0.39, 0.29) is 23.8 Å². The lowest BCUT2D eigenvalue weighted by molar-refractivity contribution is -0.131. The Morgan fingerprint density at radius 3 is 2.93 bits per heavy atom. The summed E-state index contributed by atoms with van der Waals surface area (Å²) < 4.78 is 0. The molecule has 8 nitrogen and oxygen atoms in total. The Labute approximate surface area is 154 Å². The standard InChI is InChI=1S/C19H21N5O3/c1-11-4-2-6-14-16(11)22-17(21-14)12-5-3-7-24(10-12)15(25)8-13-9-20-19(27)23-18(13)26/h2,4,6,9,12H,3,5,7-8,10H2,1H3,(H,21,22)(H2,20,23,26,27). The zero-order chi connectivity index (χ0) is 19.0. The summed E-state index contributed by atoms with van der Waals surface area (Å²) in [5, 5.41) is 0. The molecule has 0 aliphatic carbocycles. The van der Waals surface area contributed by atoms with Crippen LogP contribution in [0.5, 0.6) is 0 Å². The summed E-state index contributed by atoms with van der Waals surface area (Å²) in [6, 6.07) is 6.04. The second-order valence-electron chi connectivity index (χ2n) is 7.05. The summed E-state index contributed by atoms with van der Waals surface area (Å²) in [5.41, 5.74) is 2.27. The van der Waals surface area contributed by atoms with Gasteiger partial charge in [0.2, 0.25) is 5.91 Å². The Bertz CT molecular complexity index is 1110. The van der Waals surface area contributed by atoms with Gasteiger partial charge in [-0.15, -0.1) is 0 Å². The number of hydrogen-bond acceptors (Lipinski definition) is 4. The number of aromatic amines is 3. The molecule has 1 aliphatic rings. The smallest absolute Gasteiger partial charge is 0.325 e. The van der Waals surface area contributed by atoms with Crippen LogP contribution in [0.4, 0.5) is 0 Å². The Morgan fingerprint density at radius 2 is 2.15 bits per heavy atom. The van der Waals surface area contributed by atoms with E-state index in [1.54, 1.807) is 4.90 Å². The van der Waals surface area contributed by atoms with Gasteiger partial charge in [0.1, 0.15) is 5.82 Å². The number of aryl methyl sites for hydroxylation is 1. The Kier molecular flexibility index (Phi) is 4.39. The van der Waals surface area contributed by atoms with Crippen molar-refractivity contribution in [1.82, 2.24) is 24.8 Å². The topological polar surface area (TPSA) is 115 Å². The van der Waals surface area contributed by atoms with Crippen LogP contribution in [0.3, 0.4) is 0 Å². The summed E-state index contributed by atoms with van der Waals surface area (Å²) in [4.78, 5) is 50.1. The van der Waals surface area contributed by atoms with Crippen molar-refractivity contribution in [2.24, 2.45) is 0 Å². The first-order valence-electron chi connectivity index (χ1n) is 9.05. The van der Waals surface area contributed by atoms with Crippen LogP contribution in [0.1, 0.15) is 35.7 Å². The minimum atomic E-state index is -0.575. The fourth-order valence-electron chi connectivity index (χ4n) is 3.66. The zero-order valence-electron chi connectivity index (χ0n) is 15.0. The molecule has 1 atom stereocenters. The molecule has 0 bridgehead atoms. The minimum absolute atomic E-state index is 0.0297. The van der Waals surface area contributed by atoms with Crippen molar-refractivity contribution in [3.05, 3.63) is 62.2 Å². The molecule has 0 saturated carbocycles. The lowest BCUT2D eigenvalue weighted by Crippen LogP contribution is -2.41. The van der Waals surface area contributed by atoms with Gasteiger partial charge in [-0.25, -0.2) is 9.78 Å². The number of para-hydroxylation sites is 1. The molecule has 4 rings (SSSR count). The van der Waals surface area contributed by atoms with E-state index in [0.717, 1.165) is 35.3 Å². The molecule has 1 saturated heterocycles. The lowest BCUT2D eigenvalue weighted by atomic mass is 9.97. The molecule has 3 N–H and O–H groups in total. The molecule has 27 heavy (non-hydrogen) atoms. The molecule has 1 aliphatic heterocycles. The highest BCUT2D eigenvalue weighted by Gasteiger charge is 2.27. The second-order valence-corrected chi connectivity index (χ2v) is 7.05. The number of H-pyrrole nitrogens is 3. The van der Waals surface area contributed by atoms with Crippen LogP contribution in [-0.4, -0.2) is 43.8 Å². The SMILES string of the molecule is Cc1cccc2[nH]c(C3CCCN(C(=O)Cc4c[nH]c(=O)[nH]c4=O)C3)nc12. The van der Waals surface area contributed by atoms with Crippen molar-refractivity contribution in [2.45, 2.75) is 32.1 Å². The zero-order valence-corrected chi connectivity index (χ0v) is 15.0. The molecule has 2 aromatic heterocycles. The molecule has 0 spiro atoms. The normalized spacial score (nSPS) is 17.4. The van der Waals surface area contributed by atoms with Crippen LogP contribution in [-0.2, 0) is 11.2 Å². The van der Waals surface area contributed by atoms with Crippen molar-refractivity contribution < 1.29 is 4.79 Å². The van der Waals surface area contributed by atoms with Crippen LogP contribution < -0.4 is 11.2 Å². The maximum absolute atomic E-state index is 12.7. The number of amides is 1. The predicted molar refractivity (Wildman–Crippen MR) is 101 cm³/mol. The van der Waals surface area contributed by atoms with Gasteiger partial charge in [0, 0.05) is 30.8 Å². The Balaban J connectivity index is 1.51. The van der Waals surface area contributed by atoms with Crippen LogP contribution in [0, 0.1) is 6.92 Å². The van der Waals surface area contributed by atoms with Gasteiger partial charge in [-0.05, 0) is 31.4 Å². The third kappa shape index (κ3) is 3.42. The lowest BCUT2D eigenvalue weighted by Gasteiger charge is -2.31. The van der Waals surface area contributed by atoms with E-state index in [1.165, 1.54) is 6.20 Å². The number of nitrogens with one attached hydrogen (secondary N) is 3. The average Bonchev–Trinajstić information content (AvgIpc) is 3.10. The quantitative estimate of drug-likeness (QED) is 0.645. The van der Waals surface area contributed by atoms with Gasteiger partial charge < -0.3 is 14.9 Å². The number of imidazole rings is 1. The number of aromatic nitrogens is 4. The van der Waals surface area contributed by atoms with Gasteiger partial charge in [-0.3, -0.25) is 14.6 Å². The number of carbonyl (C=O) groups is 1. The van der Waals surface area contributed by atoms with Gasteiger partial charge in [0.15, 0.2) is 0 Å². The van der Waals surface area contributed by atoms with E-state index < -0.39 is 11.2 Å². The number of benzene rings is 1. The molecular weight excluding hydrogens is 346 g/mol. The van der Waals surface area contributed by atoms with Crippen molar-refractivity contribution >= 4 is 16.9 Å². The van der Waals surface area contributed by atoms with E-state index in [1.807, 2.05) is 25.1 Å². The number of carbonyl (C=O) groups excluding carboxylic acids is 1. The highest BCUT2D eigenvalue weighted by atomic mass is 16.2.